The lowest BCUT2D eigenvalue weighted by atomic mass is 9.95. The highest BCUT2D eigenvalue weighted by molar-refractivity contribution is 6.02. The second-order valence-electron chi connectivity index (χ2n) is 5.14. The van der Waals surface area contributed by atoms with E-state index in [-0.39, 0.29) is 5.78 Å². The number of ether oxygens (including phenoxy) is 2. The molecule has 2 aromatic carbocycles. The molecule has 0 saturated heterocycles. The molecule has 0 N–H and O–H groups in total. The Morgan fingerprint density at radius 3 is 2.30 bits per heavy atom. The summed E-state index contributed by atoms with van der Waals surface area (Å²) < 4.78 is 10.7. The number of esters is 1. The minimum atomic E-state index is -0.493. The van der Waals surface area contributed by atoms with Gasteiger partial charge in [-0.3, -0.25) is 4.79 Å². The molecule has 0 heterocycles. The van der Waals surface area contributed by atoms with Crippen LogP contribution in [0.1, 0.15) is 45.7 Å². The highest BCUT2D eigenvalue weighted by atomic mass is 16.5. The maximum atomic E-state index is 12.2. The second-order valence-corrected chi connectivity index (χ2v) is 5.14. The normalized spacial score (nSPS) is 10.2. The van der Waals surface area contributed by atoms with Gasteiger partial charge in [0, 0.05) is 5.56 Å². The van der Waals surface area contributed by atoms with Gasteiger partial charge in [-0.2, -0.15) is 0 Å². The molecule has 0 amide bonds. The molecule has 0 radical (unpaired) electrons. The van der Waals surface area contributed by atoms with Gasteiger partial charge in [0.05, 0.1) is 7.11 Å². The largest absolute Gasteiger partial charge is 0.488 e. The van der Waals surface area contributed by atoms with Crippen LogP contribution in [0.25, 0.3) is 0 Å². The molecule has 0 spiro atoms. The average molecular weight is 312 g/mol. The zero-order valence-electron chi connectivity index (χ0n) is 13.6. The Balaban J connectivity index is 2.42. The van der Waals surface area contributed by atoms with E-state index in [4.69, 9.17) is 9.47 Å². The molecule has 0 saturated carbocycles. The first-order valence-corrected chi connectivity index (χ1v) is 7.50. The lowest BCUT2D eigenvalue weighted by Crippen LogP contribution is -2.13. The summed E-state index contributed by atoms with van der Waals surface area (Å²) in [6.45, 7) is 3.72. The van der Waals surface area contributed by atoms with Gasteiger partial charge >= 0.3 is 5.97 Å². The number of Topliss-reactive ketones (excluding diaryl/α,β-unsaturated/α-hetero) is 1. The first kappa shape index (κ1) is 16.7. The van der Waals surface area contributed by atoms with Crippen LogP contribution in [-0.2, 0) is 17.8 Å². The summed E-state index contributed by atoms with van der Waals surface area (Å²) in [5.74, 6) is -0.142. The van der Waals surface area contributed by atoms with Crippen LogP contribution < -0.4 is 4.74 Å². The second kappa shape index (κ2) is 7.58. The van der Waals surface area contributed by atoms with Gasteiger partial charge in [-0.1, -0.05) is 37.3 Å². The van der Waals surface area contributed by atoms with E-state index in [9.17, 15) is 9.59 Å². The molecule has 2 rings (SSSR count). The molecule has 0 unspecified atom stereocenters. The lowest BCUT2D eigenvalue weighted by molar-refractivity contribution is 0.0594. The lowest BCUT2D eigenvalue weighted by Gasteiger charge is -2.16. The van der Waals surface area contributed by atoms with Gasteiger partial charge < -0.3 is 9.47 Å². The fraction of sp³-hybridized carbons (Fsp3) is 0.263. The molecular formula is C19H20O4. The Morgan fingerprint density at radius 2 is 1.74 bits per heavy atom. The van der Waals surface area contributed by atoms with Crippen molar-refractivity contribution < 1.29 is 19.1 Å². The molecule has 2 aromatic rings. The molecule has 4 heteroatoms. The maximum absolute atomic E-state index is 12.2. The minimum Gasteiger partial charge on any atom is -0.488 e. The first-order valence-electron chi connectivity index (χ1n) is 7.50. The van der Waals surface area contributed by atoms with Gasteiger partial charge in [0.1, 0.15) is 17.9 Å². The Hall–Kier alpha value is -2.62. The van der Waals surface area contributed by atoms with Gasteiger partial charge in [0.2, 0.25) is 0 Å². The van der Waals surface area contributed by atoms with Crippen molar-refractivity contribution in [3.63, 3.8) is 0 Å². The molecular weight excluding hydrogens is 292 g/mol. The summed E-state index contributed by atoms with van der Waals surface area (Å²) in [6, 6.07) is 13.0. The number of rotatable bonds is 6. The number of hydrogen-bond acceptors (Lipinski definition) is 4. The van der Waals surface area contributed by atoms with Crippen LogP contribution in [0, 0.1) is 0 Å². The number of methoxy groups -OCH3 is 1. The van der Waals surface area contributed by atoms with Crippen LogP contribution in [0.2, 0.25) is 0 Å². The molecule has 0 bridgehead atoms. The van der Waals surface area contributed by atoms with E-state index in [0.717, 1.165) is 5.56 Å². The predicted octanol–water partition coefficient (Wildman–Crippen LogP) is 3.82. The third kappa shape index (κ3) is 3.77. The molecule has 0 aromatic heterocycles. The maximum Gasteiger partial charge on any atom is 0.341 e. The van der Waals surface area contributed by atoms with Crippen LogP contribution in [-0.4, -0.2) is 18.9 Å². The van der Waals surface area contributed by atoms with E-state index in [2.05, 4.69) is 0 Å². The molecule has 0 fully saturated rings. The summed E-state index contributed by atoms with van der Waals surface area (Å²) in [7, 11) is 1.32. The molecule has 0 atom stereocenters. The van der Waals surface area contributed by atoms with E-state index in [1.54, 1.807) is 12.1 Å². The van der Waals surface area contributed by atoms with Crippen molar-refractivity contribution in [3.8, 4) is 5.75 Å². The third-order valence-corrected chi connectivity index (χ3v) is 3.63. The van der Waals surface area contributed by atoms with E-state index >= 15 is 0 Å². The van der Waals surface area contributed by atoms with Crippen molar-refractivity contribution in [2.75, 3.05) is 7.11 Å². The quantitative estimate of drug-likeness (QED) is 0.601. The van der Waals surface area contributed by atoms with E-state index in [1.165, 1.54) is 14.0 Å². The fourth-order valence-electron chi connectivity index (χ4n) is 2.50. The third-order valence-electron chi connectivity index (χ3n) is 3.63. The molecule has 23 heavy (non-hydrogen) atoms. The first-order chi connectivity index (χ1) is 11.1. The Kier molecular flexibility index (Phi) is 5.52. The number of benzene rings is 2. The fourth-order valence-corrected chi connectivity index (χ4v) is 2.50. The summed E-state index contributed by atoms with van der Waals surface area (Å²) in [6.07, 6.45) is 0.544. The van der Waals surface area contributed by atoms with Gasteiger partial charge in [0.15, 0.2) is 5.78 Å². The SMILES string of the molecule is CCc1c(C(C)=O)ccc(OCc2ccccc2)c1C(=O)OC. The summed E-state index contributed by atoms with van der Waals surface area (Å²) in [5.41, 5.74) is 2.52. The van der Waals surface area contributed by atoms with E-state index in [0.29, 0.717) is 35.5 Å². The summed E-state index contributed by atoms with van der Waals surface area (Å²) in [5, 5.41) is 0. The predicted molar refractivity (Wildman–Crippen MR) is 87.9 cm³/mol. The monoisotopic (exact) mass is 312 g/mol. The highest BCUT2D eigenvalue weighted by Crippen LogP contribution is 2.28. The average Bonchev–Trinajstić information content (AvgIpc) is 2.58. The molecule has 0 aliphatic rings. The van der Waals surface area contributed by atoms with Crippen molar-refractivity contribution in [2.45, 2.75) is 26.9 Å². The molecule has 120 valence electrons. The van der Waals surface area contributed by atoms with Crippen molar-refractivity contribution in [2.24, 2.45) is 0 Å². The standard InChI is InChI=1S/C19H20O4/c1-4-15-16(13(2)20)10-11-17(18(15)19(21)22-3)23-12-14-8-6-5-7-9-14/h5-11H,4,12H2,1-3H3. The van der Waals surface area contributed by atoms with Crippen molar-refractivity contribution in [1.29, 1.82) is 0 Å². The van der Waals surface area contributed by atoms with Crippen LogP contribution >= 0.6 is 0 Å². The number of carbonyl (C=O) groups excluding carboxylic acids is 2. The van der Waals surface area contributed by atoms with Crippen molar-refractivity contribution >= 4 is 11.8 Å². The summed E-state index contributed by atoms with van der Waals surface area (Å²) >= 11 is 0. The molecule has 0 aliphatic carbocycles. The van der Waals surface area contributed by atoms with Crippen LogP contribution in [0.3, 0.4) is 0 Å². The Bertz CT molecular complexity index is 705. The van der Waals surface area contributed by atoms with Crippen molar-refractivity contribution in [1.82, 2.24) is 0 Å². The zero-order chi connectivity index (χ0) is 16.8. The topological polar surface area (TPSA) is 52.6 Å². The van der Waals surface area contributed by atoms with E-state index < -0.39 is 5.97 Å². The van der Waals surface area contributed by atoms with Gasteiger partial charge in [-0.25, -0.2) is 4.79 Å². The zero-order valence-corrected chi connectivity index (χ0v) is 13.6. The van der Waals surface area contributed by atoms with Crippen LogP contribution in [0.5, 0.6) is 5.75 Å². The molecule has 4 nitrogen and oxygen atoms in total. The van der Waals surface area contributed by atoms with Gasteiger partial charge in [0.25, 0.3) is 0 Å². The minimum absolute atomic E-state index is 0.0818. The van der Waals surface area contributed by atoms with Gasteiger partial charge in [-0.05, 0) is 36.6 Å². The Labute approximate surface area is 136 Å². The summed E-state index contributed by atoms with van der Waals surface area (Å²) in [4.78, 5) is 24.0. The number of carbonyl (C=O) groups is 2. The van der Waals surface area contributed by atoms with E-state index in [1.807, 2.05) is 37.3 Å². The van der Waals surface area contributed by atoms with Crippen LogP contribution in [0.4, 0.5) is 0 Å². The number of hydrogen-bond donors (Lipinski definition) is 0. The van der Waals surface area contributed by atoms with Gasteiger partial charge in [-0.15, -0.1) is 0 Å². The van der Waals surface area contributed by atoms with Crippen molar-refractivity contribution in [3.05, 3.63) is 64.7 Å². The number of ketones is 1. The Morgan fingerprint density at radius 1 is 1.04 bits per heavy atom. The smallest absolute Gasteiger partial charge is 0.341 e. The van der Waals surface area contributed by atoms with Crippen LogP contribution in [0.15, 0.2) is 42.5 Å². The molecule has 0 aliphatic heterocycles. The highest BCUT2D eigenvalue weighted by Gasteiger charge is 2.22.